The minimum absolute atomic E-state index is 0.273. The summed E-state index contributed by atoms with van der Waals surface area (Å²) in [4.78, 5) is 11.5. The van der Waals surface area contributed by atoms with Crippen molar-refractivity contribution in [3.8, 4) is 0 Å². The Balaban J connectivity index is 2.45. The van der Waals surface area contributed by atoms with Crippen LogP contribution in [0.3, 0.4) is 0 Å². The summed E-state index contributed by atoms with van der Waals surface area (Å²) in [5, 5.41) is 2.66. The Labute approximate surface area is 103 Å². The Morgan fingerprint density at radius 3 is 2.65 bits per heavy atom. The number of nitrogens with one attached hydrogen (secondary N) is 1. The van der Waals surface area contributed by atoms with Gasteiger partial charge < -0.3 is 10.1 Å². The predicted molar refractivity (Wildman–Crippen MR) is 65.5 cm³/mol. The van der Waals surface area contributed by atoms with E-state index in [2.05, 4.69) is 5.32 Å². The van der Waals surface area contributed by atoms with Crippen LogP contribution in [0.2, 0.25) is 0 Å². The minimum Gasteiger partial charge on any atom is -0.465 e. The Kier molecular flexibility index (Phi) is 5.39. The lowest BCUT2D eigenvalue weighted by Gasteiger charge is -2.17. The van der Waals surface area contributed by atoms with E-state index in [9.17, 15) is 13.2 Å². The van der Waals surface area contributed by atoms with Gasteiger partial charge in [0.05, 0.1) is 17.6 Å². The van der Waals surface area contributed by atoms with E-state index in [-0.39, 0.29) is 17.0 Å². The van der Waals surface area contributed by atoms with E-state index in [4.69, 9.17) is 4.74 Å². The maximum absolute atomic E-state index is 11.6. The molecule has 1 N–H and O–H groups in total. The van der Waals surface area contributed by atoms with Gasteiger partial charge in [-0.3, -0.25) is 4.79 Å². The van der Waals surface area contributed by atoms with Gasteiger partial charge in [0.25, 0.3) is 0 Å². The van der Waals surface area contributed by atoms with E-state index < -0.39 is 15.9 Å². The molecule has 5 nitrogen and oxygen atoms in total. The van der Waals surface area contributed by atoms with Crippen molar-refractivity contribution in [1.29, 1.82) is 0 Å². The van der Waals surface area contributed by atoms with E-state index in [0.717, 1.165) is 6.42 Å². The van der Waals surface area contributed by atoms with Crippen LogP contribution < -0.4 is 5.32 Å². The fourth-order valence-corrected chi connectivity index (χ4v) is 3.78. The fourth-order valence-electron chi connectivity index (χ4n) is 2.00. The lowest BCUT2D eigenvalue weighted by molar-refractivity contribution is -0.145. The summed E-state index contributed by atoms with van der Waals surface area (Å²) < 4.78 is 28.1. The third-order valence-corrected chi connectivity index (χ3v) is 5.31. The van der Waals surface area contributed by atoms with Crippen LogP contribution in [0.5, 0.6) is 0 Å². The first-order chi connectivity index (χ1) is 8.01. The van der Waals surface area contributed by atoms with E-state index in [1.807, 2.05) is 6.92 Å². The molecule has 6 heteroatoms. The number of hydrogen-bond acceptors (Lipinski definition) is 5. The van der Waals surface area contributed by atoms with E-state index >= 15 is 0 Å². The molecular formula is C11H21NO4S. The van der Waals surface area contributed by atoms with Gasteiger partial charge in [0.2, 0.25) is 0 Å². The lowest BCUT2D eigenvalue weighted by atomic mass is 10.2. The number of rotatable bonds is 6. The lowest BCUT2D eigenvalue weighted by Crippen LogP contribution is -2.42. The zero-order valence-corrected chi connectivity index (χ0v) is 11.3. The molecule has 0 amide bonds. The monoisotopic (exact) mass is 263 g/mol. The molecule has 2 atom stereocenters. The van der Waals surface area contributed by atoms with Crippen molar-refractivity contribution in [2.45, 2.75) is 44.4 Å². The summed E-state index contributed by atoms with van der Waals surface area (Å²) in [7, 11) is -2.94. The second-order valence-electron chi connectivity index (χ2n) is 4.25. The molecule has 2 unspecified atom stereocenters. The summed E-state index contributed by atoms with van der Waals surface area (Å²) in [6.45, 7) is 4.32. The molecule has 1 fully saturated rings. The van der Waals surface area contributed by atoms with Gasteiger partial charge in [0.1, 0.15) is 6.04 Å². The Morgan fingerprint density at radius 2 is 2.18 bits per heavy atom. The molecule has 1 aliphatic heterocycles. The maximum atomic E-state index is 11.6. The first-order valence-electron chi connectivity index (χ1n) is 6.12. The van der Waals surface area contributed by atoms with Gasteiger partial charge in [-0.2, -0.15) is 0 Å². The number of ether oxygens (including phenoxy) is 1. The first-order valence-corrected chi connectivity index (χ1v) is 7.84. The molecule has 100 valence electrons. The third kappa shape index (κ3) is 3.96. The molecule has 0 aliphatic carbocycles. The van der Waals surface area contributed by atoms with Crippen LogP contribution >= 0.6 is 0 Å². The van der Waals surface area contributed by atoms with Crippen LogP contribution in [0, 0.1) is 0 Å². The minimum atomic E-state index is -2.94. The highest BCUT2D eigenvalue weighted by Gasteiger charge is 2.32. The van der Waals surface area contributed by atoms with Crippen LogP contribution in [-0.4, -0.2) is 44.6 Å². The molecule has 0 radical (unpaired) electrons. The summed E-state index contributed by atoms with van der Waals surface area (Å²) in [5.74, 6) is -0.0272. The van der Waals surface area contributed by atoms with Crippen molar-refractivity contribution in [3.05, 3.63) is 0 Å². The number of esters is 1. The molecule has 0 aromatic heterocycles. The highest BCUT2D eigenvalue weighted by molar-refractivity contribution is 7.92. The fraction of sp³-hybridized carbons (Fsp3) is 0.909. The summed E-state index contributed by atoms with van der Waals surface area (Å²) >= 11 is 0. The second-order valence-corrected chi connectivity index (χ2v) is 6.65. The second kappa shape index (κ2) is 6.35. The third-order valence-electron chi connectivity index (χ3n) is 3.03. The summed E-state index contributed by atoms with van der Waals surface area (Å²) in [6, 6.07) is -0.397. The van der Waals surface area contributed by atoms with Crippen LogP contribution in [0.4, 0.5) is 0 Å². The molecule has 17 heavy (non-hydrogen) atoms. The number of sulfone groups is 1. The van der Waals surface area contributed by atoms with Crippen molar-refractivity contribution >= 4 is 15.8 Å². The highest BCUT2D eigenvalue weighted by atomic mass is 32.2. The molecule has 0 aromatic rings. The standard InChI is InChI=1S/C11H21NO4S/c1-3-10(11(13)16-4-2)12-8-9-6-5-7-17(9,14)15/h9-10,12H,3-8H2,1-2H3. The average molecular weight is 263 g/mol. The molecule has 0 saturated carbocycles. The smallest absolute Gasteiger partial charge is 0.323 e. The van der Waals surface area contributed by atoms with Gasteiger partial charge in [0.15, 0.2) is 9.84 Å². The average Bonchev–Trinajstić information content (AvgIpc) is 2.59. The van der Waals surface area contributed by atoms with Crippen LogP contribution in [0.15, 0.2) is 0 Å². The highest BCUT2D eigenvalue weighted by Crippen LogP contribution is 2.19. The first kappa shape index (κ1) is 14.4. The molecular weight excluding hydrogens is 242 g/mol. The van der Waals surface area contributed by atoms with Crippen LogP contribution in [0.25, 0.3) is 0 Å². The van der Waals surface area contributed by atoms with Crippen LogP contribution in [0.1, 0.15) is 33.1 Å². The summed E-state index contributed by atoms with van der Waals surface area (Å²) in [5.41, 5.74) is 0. The molecule has 0 aromatic carbocycles. The van der Waals surface area contributed by atoms with Crippen LogP contribution in [-0.2, 0) is 19.4 Å². The predicted octanol–water partition coefficient (Wildman–Crippen LogP) is 0.495. The Hall–Kier alpha value is -0.620. The van der Waals surface area contributed by atoms with Gasteiger partial charge in [-0.15, -0.1) is 0 Å². The topological polar surface area (TPSA) is 72.5 Å². The van der Waals surface area contributed by atoms with Crippen molar-refractivity contribution in [3.63, 3.8) is 0 Å². The molecule has 0 bridgehead atoms. The van der Waals surface area contributed by atoms with E-state index in [1.54, 1.807) is 6.92 Å². The normalized spacial score (nSPS) is 24.5. The molecule has 1 aliphatic rings. The SMILES string of the molecule is CCOC(=O)C(CC)NCC1CCCS1(=O)=O. The van der Waals surface area contributed by atoms with Crippen molar-refractivity contribution in [1.82, 2.24) is 5.32 Å². The number of carbonyl (C=O) groups is 1. The van der Waals surface area contributed by atoms with Crippen molar-refractivity contribution < 1.29 is 17.9 Å². The molecule has 0 spiro atoms. The van der Waals surface area contributed by atoms with Crippen molar-refractivity contribution in [2.24, 2.45) is 0 Å². The zero-order valence-electron chi connectivity index (χ0n) is 10.4. The molecule has 1 saturated heterocycles. The summed E-state index contributed by atoms with van der Waals surface area (Å²) in [6.07, 6.45) is 2.02. The van der Waals surface area contributed by atoms with Gasteiger partial charge >= 0.3 is 5.97 Å². The van der Waals surface area contributed by atoms with Gasteiger partial charge in [-0.1, -0.05) is 6.92 Å². The van der Waals surface area contributed by atoms with Crippen molar-refractivity contribution in [2.75, 3.05) is 18.9 Å². The number of carbonyl (C=O) groups excluding carboxylic acids is 1. The Morgan fingerprint density at radius 1 is 1.47 bits per heavy atom. The van der Waals surface area contributed by atoms with Gasteiger partial charge in [-0.05, 0) is 26.2 Å². The largest absolute Gasteiger partial charge is 0.465 e. The van der Waals surface area contributed by atoms with E-state index in [1.165, 1.54) is 0 Å². The molecule has 1 heterocycles. The molecule has 1 rings (SSSR count). The van der Waals surface area contributed by atoms with Gasteiger partial charge in [-0.25, -0.2) is 8.42 Å². The maximum Gasteiger partial charge on any atom is 0.323 e. The quantitative estimate of drug-likeness (QED) is 0.706. The van der Waals surface area contributed by atoms with Gasteiger partial charge in [0, 0.05) is 6.54 Å². The number of hydrogen-bond donors (Lipinski definition) is 1. The van der Waals surface area contributed by atoms with E-state index in [0.29, 0.717) is 26.0 Å². The Bertz CT molecular complexity index is 352. The zero-order chi connectivity index (χ0) is 12.9.